The number of amides is 1. The number of carboxylic acid groups (broad SMARTS) is 1. The third-order valence-corrected chi connectivity index (χ3v) is 3.38. The molecule has 0 heterocycles. The summed E-state index contributed by atoms with van der Waals surface area (Å²) in [6, 6.07) is 3.28. The number of nitrogens with one attached hydrogen (secondary N) is 1. The van der Waals surface area contributed by atoms with Crippen LogP contribution in [0.3, 0.4) is 0 Å². The van der Waals surface area contributed by atoms with Gasteiger partial charge in [-0.25, -0.2) is 9.59 Å². The van der Waals surface area contributed by atoms with Crippen molar-refractivity contribution < 1.29 is 19.4 Å². The van der Waals surface area contributed by atoms with Gasteiger partial charge in [-0.15, -0.1) is 0 Å². The number of carbonyl (C=O) groups excluding carboxylic acids is 1. The average molecular weight is 489 g/mol. The van der Waals surface area contributed by atoms with Gasteiger partial charge in [0.05, 0.1) is 11.3 Å². The Labute approximate surface area is 138 Å². The summed E-state index contributed by atoms with van der Waals surface area (Å²) < 4.78 is 6.55. The van der Waals surface area contributed by atoms with E-state index < -0.39 is 17.7 Å². The molecule has 0 unspecified atom stereocenters. The van der Waals surface area contributed by atoms with Crippen LogP contribution in [0.25, 0.3) is 0 Å². The summed E-state index contributed by atoms with van der Waals surface area (Å²) in [6.07, 6.45) is -0.672. The standard InChI is InChI=1S/C12H13I2NO4/c1-12(2,3)19-11(18)15-9-7(10(16)17)4-6(13)5-8(9)14/h4-5H,1-3H3,(H,15,18)(H,16,17). The summed E-state index contributed by atoms with van der Waals surface area (Å²) in [4.78, 5) is 22.9. The number of ether oxygens (including phenoxy) is 1. The molecule has 1 aromatic carbocycles. The summed E-state index contributed by atoms with van der Waals surface area (Å²) in [5.74, 6) is -1.09. The van der Waals surface area contributed by atoms with Crippen molar-refractivity contribution in [1.82, 2.24) is 0 Å². The Morgan fingerprint density at radius 2 is 1.84 bits per heavy atom. The maximum atomic E-state index is 11.7. The lowest BCUT2D eigenvalue weighted by Crippen LogP contribution is -2.28. The van der Waals surface area contributed by atoms with E-state index >= 15 is 0 Å². The van der Waals surface area contributed by atoms with Gasteiger partial charge in [-0.2, -0.15) is 0 Å². The molecule has 7 heteroatoms. The van der Waals surface area contributed by atoms with Gasteiger partial charge >= 0.3 is 12.1 Å². The SMILES string of the molecule is CC(C)(C)OC(=O)Nc1c(I)cc(I)cc1C(=O)O. The van der Waals surface area contributed by atoms with E-state index in [0.717, 1.165) is 3.57 Å². The molecule has 5 nitrogen and oxygen atoms in total. The molecule has 1 amide bonds. The molecule has 1 rings (SSSR count). The van der Waals surface area contributed by atoms with E-state index in [1.807, 2.05) is 45.2 Å². The van der Waals surface area contributed by atoms with E-state index in [-0.39, 0.29) is 11.3 Å². The van der Waals surface area contributed by atoms with Crippen LogP contribution >= 0.6 is 45.2 Å². The van der Waals surface area contributed by atoms with Gasteiger partial charge in [0.1, 0.15) is 5.60 Å². The van der Waals surface area contributed by atoms with Crippen LogP contribution in [0.4, 0.5) is 10.5 Å². The van der Waals surface area contributed by atoms with Crippen LogP contribution in [0.15, 0.2) is 12.1 Å². The Morgan fingerprint density at radius 3 is 2.32 bits per heavy atom. The van der Waals surface area contributed by atoms with Crippen LogP contribution in [0.5, 0.6) is 0 Å². The molecule has 2 N–H and O–H groups in total. The molecule has 0 saturated carbocycles. The van der Waals surface area contributed by atoms with Crippen molar-refractivity contribution >= 4 is 62.9 Å². The smallest absolute Gasteiger partial charge is 0.412 e. The van der Waals surface area contributed by atoms with E-state index in [1.165, 1.54) is 6.07 Å². The second-order valence-electron chi connectivity index (χ2n) is 4.74. The Bertz CT molecular complexity index is 523. The highest BCUT2D eigenvalue weighted by atomic mass is 127. The van der Waals surface area contributed by atoms with Crippen molar-refractivity contribution in [2.75, 3.05) is 5.32 Å². The van der Waals surface area contributed by atoms with Gasteiger partial charge in [-0.3, -0.25) is 5.32 Å². The largest absolute Gasteiger partial charge is 0.478 e. The normalized spacial score (nSPS) is 11.0. The van der Waals surface area contributed by atoms with Gasteiger partial charge in [0.25, 0.3) is 0 Å². The minimum atomic E-state index is -1.09. The molecule has 0 saturated heterocycles. The first-order chi connectivity index (χ1) is 8.60. The minimum absolute atomic E-state index is 0.0437. The fraction of sp³-hybridized carbons (Fsp3) is 0.333. The molecule has 0 aliphatic carbocycles. The first-order valence-electron chi connectivity index (χ1n) is 5.32. The number of carbonyl (C=O) groups is 2. The van der Waals surface area contributed by atoms with Crippen LogP contribution in [0.1, 0.15) is 31.1 Å². The predicted octanol–water partition coefficient (Wildman–Crippen LogP) is 3.94. The second-order valence-corrected chi connectivity index (χ2v) is 7.15. The maximum Gasteiger partial charge on any atom is 0.412 e. The second kappa shape index (κ2) is 6.25. The molecule has 0 aliphatic rings. The molecule has 0 bridgehead atoms. The van der Waals surface area contributed by atoms with Crippen molar-refractivity contribution in [2.24, 2.45) is 0 Å². The van der Waals surface area contributed by atoms with Gasteiger partial charge < -0.3 is 9.84 Å². The summed E-state index contributed by atoms with van der Waals surface area (Å²) in [5, 5.41) is 11.7. The summed E-state index contributed by atoms with van der Waals surface area (Å²) in [7, 11) is 0. The zero-order valence-corrected chi connectivity index (χ0v) is 14.9. The van der Waals surface area contributed by atoms with Crippen molar-refractivity contribution in [3.63, 3.8) is 0 Å². The van der Waals surface area contributed by atoms with Gasteiger partial charge in [0.15, 0.2) is 0 Å². The number of carboxylic acids is 1. The fourth-order valence-electron chi connectivity index (χ4n) is 1.27. The number of aromatic carboxylic acids is 1. The molecule has 0 atom stereocenters. The van der Waals surface area contributed by atoms with Crippen molar-refractivity contribution in [1.29, 1.82) is 0 Å². The predicted molar refractivity (Wildman–Crippen MR) is 88.7 cm³/mol. The maximum absolute atomic E-state index is 11.7. The molecule has 0 aliphatic heterocycles. The molecule has 19 heavy (non-hydrogen) atoms. The molecule has 104 valence electrons. The molecular formula is C12H13I2NO4. The van der Waals surface area contributed by atoms with Crippen LogP contribution < -0.4 is 5.32 Å². The van der Waals surface area contributed by atoms with Crippen LogP contribution in [-0.4, -0.2) is 22.8 Å². The minimum Gasteiger partial charge on any atom is -0.478 e. The van der Waals surface area contributed by atoms with Crippen molar-refractivity contribution in [2.45, 2.75) is 26.4 Å². The number of benzene rings is 1. The van der Waals surface area contributed by atoms with Crippen LogP contribution in [-0.2, 0) is 4.74 Å². The van der Waals surface area contributed by atoms with Crippen LogP contribution in [0, 0.1) is 7.14 Å². The highest BCUT2D eigenvalue weighted by Crippen LogP contribution is 2.26. The third-order valence-electron chi connectivity index (χ3n) is 1.91. The monoisotopic (exact) mass is 489 g/mol. The lowest BCUT2D eigenvalue weighted by Gasteiger charge is -2.20. The Morgan fingerprint density at radius 1 is 1.26 bits per heavy atom. The topological polar surface area (TPSA) is 75.6 Å². The Kier molecular flexibility index (Phi) is 5.42. The van der Waals surface area contributed by atoms with E-state index in [2.05, 4.69) is 5.32 Å². The highest BCUT2D eigenvalue weighted by molar-refractivity contribution is 14.1. The Balaban J connectivity index is 3.07. The number of halogens is 2. The van der Waals surface area contributed by atoms with E-state index in [9.17, 15) is 9.59 Å². The number of anilines is 1. The first kappa shape index (κ1) is 16.5. The Hall–Kier alpha value is -0.580. The van der Waals surface area contributed by atoms with E-state index in [0.29, 0.717) is 3.57 Å². The fourth-order valence-corrected chi connectivity index (χ4v) is 3.25. The molecule has 0 radical (unpaired) electrons. The van der Waals surface area contributed by atoms with Gasteiger partial charge in [0, 0.05) is 7.14 Å². The summed E-state index contributed by atoms with van der Waals surface area (Å²) >= 11 is 4.00. The zero-order valence-electron chi connectivity index (χ0n) is 10.6. The van der Waals surface area contributed by atoms with Crippen molar-refractivity contribution in [3.8, 4) is 0 Å². The molecule has 0 spiro atoms. The lowest BCUT2D eigenvalue weighted by atomic mass is 10.2. The molecule has 0 aromatic heterocycles. The number of hydrogen-bond donors (Lipinski definition) is 2. The third kappa shape index (κ3) is 5.13. The van der Waals surface area contributed by atoms with E-state index in [1.54, 1.807) is 26.8 Å². The molecular weight excluding hydrogens is 476 g/mol. The van der Waals surface area contributed by atoms with Gasteiger partial charge in [-0.1, -0.05) is 0 Å². The molecule has 0 fully saturated rings. The highest BCUT2D eigenvalue weighted by Gasteiger charge is 2.20. The average Bonchev–Trinajstić information content (AvgIpc) is 2.18. The van der Waals surface area contributed by atoms with Gasteiger partial charge in [-0.05, 0) is 78.1 Å². The van der Waals surface area contributed by atoms with Gasteiger partial charge in [0.2, 0.25) is 0 Å². The first-order valence-corrected chi connectivity index (χ1v) is 7.48. The number of hydrogen-bond acceptors (Lipinski definition) is 3. The quantitative estimate of drug-likeness (QED) is 0.618. The van der Waals surface area contributed by atoms with E-state index in [4.69, 9.17) is 9.84 Å². The molecule has 1 aromatic rings. The lowest BCUT2D eigenvalue weighted by molar-refractivity contribution is 0.0636. The summed E-state index contributed by atoms with van der Waals surface area (Å²) in [6.45, 7) is 5.22. The van der Waals surface area contributed by atoms with Crippen molar-refractivity contribution in [3.05, 3.63) is 24.8 Å². The summed E-state index contributed by atoms with van der Waals surface area (Å²) in [5.41, 5.74) is -0.341. The van der Waals surface area contributed by atoms with Crippen LogP contribution in [0.2, 0.25) is 0 Å². The zero-order chi connectivity index (χ0) is 14.8. The number of rotatable bonds is 2.